The Labute approximate surface area is 167 Å². The van der Waals surface area contributed by atoms with E-state index in [4.69, 9.17) is 16.3 Å². The van der Waals surface area contributed by atoms with Gasteiger partial charge in [-0.05, 0) is 38.3 Å². The SMILES string of the molecule is COc1ccccc1C1(N2CCCCC2CO)C=CC(Cl)(CCCO)C=C1. The summed E-state index contributed by atoms with van der Waals surface area (Å²) < 4.78 is 5.68. The Morgan fingerprint density at radius 2 is 1.89 bits per heavy atom. The van der Waals surface area contributed by atoms with Crippen LogP contribution in [-0.4, -0.2) is 52.9 Å². The molecule has 148 valence electrons. The molecule has 0 spiro atoms. The van der Waals surface area contributed by atoms with Gasteiger partial charge < -0.3 is 14.9 Å². The molecule has 5 heteroatoms. The number of halogens is 1. The van der Waals surface area contributed by atoms with E-state index in [1.807, 2.05) is 30.4 Å². The molecule has 1 fully saturated rings. The number of aliphatic hydroxyl groups excluding tert-OH is 2. The van der Waals surface area contributed by atoms with Crippen LogP contribution in [0.2, 0.25) is 0 Å². The molecule has 1 aliphatic heterocycles. The Balaban J connectivity index is 2.06. The van der Waals surface area contributed by atoms with Crippen molar-refractivity contribution in [2.45, 2.75) is 48.6 Å². The van der Waals surface area contributed by atoms with E-state index in [1.54, 1.807) is 7.11 Å². The fourth-order valence-corrected chi connectivity index (χ4v) is 4.60. The number of rotatable bonds is 7. The minimum absolute atomic E-state index is 0.0956. The summed E-state index contributed by atoms with van der Waals surface area (Å²) in [6, 6.07) is 8.15. The number of para-hydroxylation sites is 1. The fraction of sp³-hybridized carbons (Fsp3) is 0.545. The van der Waals surface area contributed by atoms with Gasteiger partial charge >= 0.3 is 0 Å². The third kappa shape index (κ3) is 4.09. The molecule has 1 aromatic rings. The number of likely N-dealkylation sites (tertiary alicyclic amines) is 1. The average molecular weight is 392 g/mol. The van der Waals surface area contributed by atoms with Crippen molar-refractivity contribution in [3.05, 3.63) is 54.1 Å². The van der Waals surface area contributed by atoms with Gasteiger partial charge in [0.15, 0.2) is 0 Å². The second kappa shape index (κ2) is 8.78. The predicted octanol–water partition coefficient (Wildman–Crippen LogP) is 3.61. The minimum atomic E-state index is -0.585. The second-order valence-corrected chi connectivity index (χ2v) is 8.18. The predicted molar refractivity (Wildman–Crippen MR) is 109 cm³/mol. The Hall–Kier alpha value is -1.33. The lowest BCUT2D eigenvalue weighted by Gasteiger charge is -2.49. The topological polar surface area (TPSA) is 52.9 Å². The molecule has 0 saturated carbocycles. The number of piperidine rings is 1. The maximum absolute atomic E-state index is 10.0. The van der Waals surface area contributed by atoms with E-state index >= 15 is 0 Å². The highest BCUT2D eigenvalue weighted by atomic mass is 35.5. The van der Waals surface area contributed by atoms with Crippen LogP contribution in [0.25, 0.3) is 0 Å². The number of benzene rings is 1. The van der Waals surface area contributed by atoms with Crippen molar-refractivity contribution in [3.63, 3.8) is 0 Å². The summed E-state index contributed by atoms with van der Waals surface area (Å²) >= 11 is 6.77. The molecule has 1 heterocycles. The Morgan fingerprint density at radius 1 is 1.15 bits per heavy atom. The first-order valence-electron chi connectivity index (χ1n) is 9.80. The number of aliphatic hydroxyl groups is 2. The summed E-state index contributed by atoms with van der Waals surface area (Å²) in [5.74, 6) is 0.825. The molecule has 4 nitrogen and oxygen atoms in total. The van der Waals surface area contributed by atoms with Crippen LogP contribution < -0.4 is 4.74 Å². The summed E-state index contributed by atoms with van der Waals surface area (Å²) in [5.41, 5.74) is 0.555. The van der Waals surface area contributed by atoms with E-state index in [1.165, 1.54) is 0 Å². The lowest BCUT2D eigenvalue weighted by atomic mass is 9.78. The number of nitrogens with zero attached hydrogens (tertiary/aromatic N) is 1. The molecule has 1 unspecified atom stereocenters. The third-order valence-electron chi connectivity index (χ3n) is 5.80. The number of methoxy groups -OCH3 is 1. The first kappa shape index (κ1) is 20.4. The number of allylic oxidation sites excluding steroid dienone is 2. The van der Waals surface area contributed by atoms with Crippen molar-refractivity contribution in [3.8, 4) is 5.75 Å². The number of hydrogen-bond acceptors (Lipinski definition) is 4. The van der Waals surface area contributed by atoms with Crippen LogP contribution >= 0.6 is 11.6 Å². The van der Waals surface area contributed by atoms with Gasteiger partial charge in [0.05, 0.1) is 24.1 Å². The van der Waals surface area contributed by atoms with E-state index in [9.17, 15) is 10.2 Å². The first-order chi connectivity index (χ1) is 13.1. The molecule has 0 bridgehead atoms. The maximum atomic E-state index is 10.0. The van der Waals surface area contributed by atoms with Gasteiger partial charge in [-0.2, -0.15) is 0 Å². The highest BCUT2D eigenvalue weighted by Gasteiger charge is 2.43. The second-order valence-electron chi connectivity index (χ2n) is 7.47. The van der Waals surface area contributed by atoms with Gasteiger partial charge in [0, 0.05) is 18.2 Å². The zero-order valence-electron chi connectivity index (χ0n) is 16.0. The molecule has 0 amide bonds. The summed E-state index contributed by atoms with van der Waals surface area (Å²) in [5, 5.41) is 19.2. The number of ether oxygens (including phenoxy) is 1. The fourth-order valence-electron chi connectivity index (χ4n) is 4.34. The first-order valence-corrected chi connectivity index (χ1v) is 10.2. The van der Waals surface area contributed by atoms with Gasteiger partial charge in [-0.1, -0.05) is 48.9 Å². The smallest absolute Gasteiger partial charge is 0.124 e. The van der Waals surface area contributed by atoms with Crippen LogP contribution in [0, 0.1) is 0 Å². The van der Waals surface area contributed by atoms with Crippen molar-refractivity contribution < 1.29 is 14.9 Å². The van der Waals surface area contributed by atoms with E-state index < -0.39 is 10.4 Å². The van der Waals surface area contributed by atoms with Crippen molar-refractivity contribution in [2.24, 2.45) is 0 Å². The highest BCUT2D eigenvalue weighted by molar-refractivity contribution is 6.26. The lowest BCUT2D eigenvalue weighted by molar-refractivity contribution is 0.0350. The molecule has 2 N–H and O–H groups in total. The van der Waals surface area contributed by atoms with Crippen LogP contribution in [0.15, 0.2) is 48.6 Å². The quantitative estimate of drug-likeness (QED) is 0.550. The van der Waals surface area contributed by atoms with E-state index in [-0.39, 0.29) is 19.3 Å². The Bertz CT molecular complexity index is 674. The van der Waals surface area contributed by atoms with Crippen molar-refractivity contribution in [2.75, 3.05) is 26.9 Å². The molecule has 1 saturated heterocycles. The van der Waals surface area contributed by atoms with E-state index in [0.29, 0.717) is 12.8 Å². The van der Waals surface area contributed by atoms with Gasteiger partial charge in [-0.3, -0.25) is 4.90 Å². The van der Waals surface area contributed by atoms with Crippen LogP contribution in [0.1, 0.15) is 37.7 Å². The highest BCUT2D eigenvalue weighted by Crippen LogP contribution is 2.45. The minimum Gasteiger partial charge on any atom is -0.496 e. The van der Waals surface area contributed by atoms with Crippen molar-refractivity contribution in [1.82, 2.24) is 4.90 Å². The van der Waals surface area contributed by atoms with Gasteiger partial charge in [-0.25, -0.2) is 0 Å². The van der Waals surface area contributed by atoms with Crippen LogP contribution in [0.4, 0.5) is 0 Å². The average Bonchev–Trinajstić information content (AvgIpc) is 2.73. The molecule has 27 heavy (non-hydrogen) atoms. The zero-order chi connectivity index (χ0) is 19.3. The molecule has 1 aliphatic carbocycles. The monoisotopic (exact) mass is 391 g/mol. The molecule has 0 radical (unpaired) electrons. The van der Waals surface area contributed by atoms with E-state index in [2.05, 4.69) is 23.1 Å². The van der Waals surface area contributed by atoms with Gasteiger partial charge in [0.2, 0.25) is 0 Å². The third-order valence-corrected chi connectivity index (χ3v) is 6.24. The summed E-state index contributed by atoms with van der Waals surface area (Å²) in [7, 11) is 1.69. The maximum Gasteiger partial charge on any atom is 0.124 e. The Morgan fingerprint density at radius 3 is 2.56 bits per heavy atom. The largest absolute Gasteiger partial charge is 0.496 e. The molecule has 1 atom stereocenters. The van der Waals surface area contributed by atoms with Crippen molar-refractivity contribution >= 4 is 11.6 Å². The lowest BCUT2D eigenvalue weighted by Crippen LogP contribution is -2.54. The summed E-state index contributed by atoms with van der Waals surface area (Å²) in [4.78, 5) is 1.79. The number of hydrogen-bond donors (Lipinski definition) is 2. The summed E-state index contributed by atoms with van der Waals surface area (Å²) in [6.45, 7) is 1.17. The van der Waals surface area contributed by atoms with Gasteiger partial charge in [0.1, 0.15) is 5.75 Å². The normalized spacial score (nSPS) is 31.2. The molecule has 0 aromatic heterocycles. The van der Waals surface area contributed by atoms with Crippen LogP contribution in [0.5, 0.6) is 5.75 Å². The molecule has 3 rings (SSSR count). The van der Waals surface area contributed by atoms with Gasteiger partial charge in [-0.15, -0.1) is 11.6 Å². The molecular weight excluding hydrogens is 362 g/mol. The summed E-state index contributed by atoms with van der Waals surface area (Å²) in [6.07, 6.45) is 12.9. The Kier molecular flexibility index (Phi) is 6.64. The molecular formula is C22H30ClNO3. The van der Waals surface area contributed by atoms with Gasteiger partial charge in [0.25, 0.3) is 0 Å². The zero-order valence-corrected chi connectivity index (χ0v) is 16.7. The standard InChI is InChI=1S/C22H30ClNO3/c1-27-20-9-3-2-8-19(20)22(24-15-5-4-7-18(24)17-26)13-11-21(23,12-14-22)10-6-16-25/h2-3,8-9,11-14,18,25-26H,4-7,10,15-17H2,1H3. The van der Waals surface area contributed by atoms with Crippen LogP contribution in [0.3, 0.4) is 0 Å². The van der Waals surface area contributed by atoms with E-state index in [0.717, 1.165) is 37.1 Å². The molecule has 1 aromatic carbocycles. The van der Waals surface area contributed by atoms with Crippen LogP contribution in [-0.2, 0) is 5.54 Å². The molecule has 2 aliphatic rings. The van der Waals surface area contributed by atoms with Crippen molar-refractivity contribution in [1.29, 1.82) is 0 Å². The number of alkyl halides is 1.